The highest BCUT2D eigenvalue weighted by molar-refractivity contribution is 5.50. The molecular formula is C23H24F2N2O. The van der Waals surface area contributed by atoms with Crippen LogP contribution in [0.2, 0.25) is 0 Å². The van der Waals surface area contributed by atoms with Crippen molar-refractivity contribution in [1.82, 2.24) is 9.38 Å². The lowest BCUT2D eigenvalue weighted by atomic mass is 9.75. The van der Waals surface area contributed by atoms with Crippen molar-refractivity contribution in [2.75, 3.05) is 0 Å². The van der Waals surface area contributed by atoms with Crippen LogP contribution in [-0.2, 0) is 0 Å². The predicted octanol–water partition coefficient (Wildman–Crippen LogP) is 5.50. The lowest BCUT2D eigenvalue weighted by molar-refractivity contribution is 0.0754. The zero-order valence-electron chi connectivity index (χ0n) is 15.7. The molecule has 0 bridgehead atoms. The molecule has 5 heteroatoms. The molecule has 0 radical (unpaired) electrons. The van der Waals surface area contributed by atoms with Crippen LogP contribution in [0.1, 0.15) is 73.3 Å². The van der Waals surface area contributed by atoms with Gasteiger partial charge >= 0.3 is 0 Å². The Bertz CT molecular complexity index is 983. The van der Waals surface area contributed by atoms with Gasteiger partial charge in [0.2, 0.25) is 0 Å². The molecule has 1 N–H and O–H groups in total. The molecule has 0 unspecified atom stereocenters. The summed E-state index contributed by atoms with van der Waals surface area (Å²) >= 11 is 0. The minimum Gasteiger partial charge on any atom is -0.387 e. The minimum absolute atomic E-state index is 0.153. The SMILES string of the molecule is O[C@H](c1c(C2CC2)ccc2cncn12)C1CCC(c2cc(F)cc(F)c2)CC1. The molecule has 0 amide bonds. The Hall–Kier alpha value is -2.27. The number of benzene rings is 1. The molecule has 2 saturated carbocycles. The van der Waals surface area contributed by atoms with Crippen LogP contribution in [0.4, 0.5) is 8.78 Å². The van der Waals surface area contributed by atoms with E-state index >= 15 is 0 Å². The van der Waals surface area contributed by atoms with E-state index in [1.165, 1.54) is 30.5 Å². The zero-order valence-corrected chi connectivity index (χ0v) is 15.7. The fourth-order valence-electron chi connectivity index (χ4n) is 4.88. The highest BCUT2D eigenvalue weighted by Gasteiger charge is 2.34. The molecule has 0 spiro atoms. The van der Waals surface area contributed by atoms with Crippen molar-refractivity contribution in [3.8, 4) is 0 Å². The normalized spacial score (nSPS) is 23.8. The lowest BCUT2D eigenvalue weighted by Gasteiger charge is -2.33. The Labute approximate surface area is 163 Å². The van der Waals surface area contributed by atoms with Gasteiger partial charge in [-0.05, 0) is 85.6 Å². The van der Waals surface area contributed by atoms with Gasteiger partial charge in [-0.3, -0.25) is 0 Å². The first-order chi connectivity index (χ1) is 13.6. The maximum Gasteiger partial charge on any atom is 0.126 e. The van der Waals surface area contributed by atoms with Gasteiger partial charge in [-0.25, -0.2) is 13.8 Å². The Kier molecular flexibility index (Phi) is 4.43. The summed E-state index contributed by atoms with van der Waals surface area (Å²) in [7, 11) is 0. The van der Waals surface area contributed by atoms with E-state index in [2.05, 4.69) is 17.1 Å². The molecule has 0 saturated heterocycles. The summed E-state index contributed by atoms with van der Waals surface area (Å²) < 4.78 is 29.2. The van der Waals surface area contributed by atoms with Gasteiger partial charge in [0.15, 0.2) is 0 Å². The standard InChI is InChI=1S/C23H24F2N2O/c24-18-9-17(10-19(25)11-18)14-1-5-16(6-2-14)23(28)22-21(15-3-4-15)8-7-20-12-26-13-27(20)22/h7-16,23,28H,1-6H2/t14?,16?,23-/m0/s1. The second kappa shape index (κ2) is 6.96. The van der Waals surface area contributed by atoms with Crippen LogP contribution >= 0.6 is 0 Å². The number of nitrogens with zero attached hydrogens (tertiary/aromatic N) is 2. The van der Waals surface area contributed by atoms with E-state index in [1.807, 2.05) is 10.6 Å². The number of fused-ring (bicyclic) bond motifs is 1. The van der Waals surface area contributed by atoms with Crippen LogP contribution < -0.4 is 0 Å². The first-order valence-corrected chi connectivity index (χ1v) is 10.2. The Morgan fingerprint density at radius 2 is 1.61 bits per heavy atom. The lowest BCUT2D eigenvalue weighted by Crippen LogP contribution is -2.22. The highest BCUT2D eigenvalue weighted by atomic mass is 19.1. The van der Waals surface area contributed by atoms with Gasteiger partial charge in [0, 0.05) is 6.07 Å². The Morgan fingerprint density at radius 1 is 0.929 bits per heavy atom. The molecule has 146 valence electrons. The maximum absolute atomic E-state index is 13.6. The smallest absolute Gasteiger partial charge is 0.126 e. The molecule has 2 aliphatic rings. The van der Waals surface area contributed by atoms with Crippen molar-refractivity contribution in [1.29, 1.82) is 0 Å². The van der Waals surface area contributed by atoms with E-state index in [-0.39, 0.29) is 11.8 Å². The van der Waals surface area contributed by atoms with Crippen LogP contribution in [-0.4, -0.2) is 14.5 Å². The van der Waals surface area contributed by atoms with E-state index in [1.54, 1.807) is 6.33 Å². The molecule has 1 atom stereocenters. The number of aliphatic hydroxyl groups excluding tert-OH is 1. The molecule has 2 heterocycles. The first-order valence-electron chi connectivity index (χ1n) is 10.2. The van der Waals surface area contributed by atoms with Crippen LogP contribution in [0.3, 0.4) is 0 Å². The average molecular weight is 382 g/mol. The molecule has 3 nitrogen and oxygen atoms in total. The van der Waals surface area contributed by atoms with Crippen molar-refractivity contribution >= 4 is 5.52 Å². The van der Waals surface area contributed by atoms with Gasteiger partial charge < -0.3 is 9.51 Å². The second-order valence-electron chi connectivity index (χ2n) is 8.40. The molecule has 2 aliphatic carbocycles. The molecule has 28 heavy (non-hydrogen) atoms. The minimum atomic E-state index is -0.543. The largest absolute Gasteiger partial charge is 0.387 e. The molecule has 3 aromatic rings. The third-order valence-corrected chi connectivity index (χ3v) is 6.53. The number of imidazole rings is 1. The quantitative estimate of drug-likeness (QED) is 0.647. The number of hydrogen-bond acceptors (Lipinski definition) is 2. The van der Waals surface area contributed by atoms with Crippen LogP contribution in [0.15, 0.2) is 42.9 Å². The van der Waals surface area contributed by atoms with Crippen LogP contribution in [0.25, 0.3) is 5.52 Å². The maximum atomic E-state index is 13.6. The van der Waals surface area contributed by atoms with Gasteiger partial charge in [0.1, 0.15) is 11.6 Å². The van der Waals surface area contributed by atoms with Crippen molar-refractivity contribution in [2.24, 2.45) is 5.92 Å². The number of aliphatic hydroxyl groups is 1. The summed E-state index contributed by atoms with van der Waals surface area (Å²) in [6, 6.07) is 8.04. The van der Waals surface area contributed by atoms with E-state index in [0.717, 1.165) is 48.5 Å². The molecule has 2 fully saturated rings. The van der Waals surface area contributed by atoms with Gasteiger partial charge in [-0.1, -0.05) is 6.07 Å². The summed E-state index contributed by atoms with van der Waals surface area (Å²) in [6.45, 7) is 0. The van der Waals surface area contributed by atoms with Gasteiger partial charge in [-0.15, -0.1) is 0 Å². The number of aromatic nitrogens is 2. The topological polar surface area (TPSA) is 37.5 Å². The number of rotatable bonds is 4. The van der Waals surface area contributed by atoms with Crippen molar-refractivity contribution in [3.05, 3.63) is 71.3 Å². The molecule has 5 rings (SSSR count). The summed E-state index contributed by atoms with van der Waals surface area (Å²) in [5.74, 6) is -0.181. The number of hydrogen-bond donors (Lipinski definition) is 1. The van der Waals surface area contributed by atoms with Crippen molar-refractivity contribution in [2.45, 2.75) is 56.5 Å². The van der Waals surface area contributed by atoms with Crippen LogP contribution in [0.5, 0.6) is 0 Å². The Morgan fingerprint density at radius 3 is 2.29 bits per heavy atom. The third kappa shape index (κ3) is 3.22. The molecule has 0 aliphatic heterocycles. The fourth-order valence-corrected chi connectivity index (χ4v) is 4.88. The molecule has 1 aromatic carbocycles. The summed E-state index contributed by atoms with van der Waals surface area (Å²) in [6.07, 6.45) is 8.79. The van der Waals surface area contributed by atoms with E-state index < -0.39 is 17.7 Å². The van der Waals surface area contributed by atoms with Gasteiger partial charge in [0.25, 0.3) is 0 Å². The summed E-state index contributed by atoms with van der Waals surface area (Å²) in [5.41, 5.74) is 3.97. The number of pyridine rings is 1. The Balaban J connectivity index is 1.38. The highest BCUT2D eigenvalue weighted by Crippen LogP contribution is 2.47. The average Bonchev–Trinajstić information content (AvgIpc) is 3.42. The summed E-state index contributed by atoms with van der Waals surface area (Å²) in [4.78, 5) is 4.26. The molecular weight excluding hydrogens is 358 g/mol. The molecule has 2 aromatic heterocycles. The third-order valence-electron chi connectivity index (χ3n) is 6.53. The van der Waals surface area contributed by atoms with E-state index in [9.17, 15) is 13.9 Å². The monoisotopic (exact) mass is 382 g/mol. The van der Waals surface area contributed by atoms with Crippen molar-refractivity contribution in [3.63, 3.8) is 0 Å². The zero-order chi connectivity index (χ0) is 19.3. The van der Waals surface area contributed by atoms with E-state index in [0.29, 0.717) is 5.92 Å². The first kappa shape index (κ1) is 17.8. The predicted molar refractivity (Wildman–Crippen MR) is 103 cm³/mol. The number of halogens is 2. The van der Waals surface area contributed by atoms with E-state index in [4.69, 9.17) is 0 Å². The fraction of sp³-hybridized carbons (Fsp3) is 0.435. The van der Waals surface area contributed by atoms with Crippen LogP contribution in [0, 0.1) is 17.6 Å². The van der Waals surface area contributed by atoms with Gasteiger partial charge in [0.05, 0.1) is 29.8 Å². The van der Waals surface area contributed by atoms with Gasteiger partial charge in [-0.2, -0.15) is 0 Å². The second-order valence-corrected chi connectivity index (χ2v) is 8.40. The van der Waals surface area contributed by atoms with Crippen molar-refractivity contribution < 1.29 is 13.9 Å². The summed E-state index contributed by atoms with van der Waals surface area (Å²) in [5, 5.41) is 11.3.